The molecule has 3 rings (SSSR count). The highest BCUT2D eigenvalue weighted by molar-refractivity contribution is 5.92. The third-order valence-corrected chi connectivity index (χ3v) is 5.21. The maximum absolute atomic E-state index is 12.3. The van der Waals surface area contributed by atoms with Gasteiger partial charge in [0.1, 0.15) is 5.75 Å². The van der Waals surface area contributed by atoms with Gasteiger partial charge in [-0.15, -0.1) is 0 Å². The summed E-state index contributed by atoms with van der Waals surface area (Å²) in [6, 6.07) is 14.3. The molecular formula is C24H30N2O2. The smallest absolute Gasteiger partial charge is 0.244 e. The second-order valence-corrected chi connectivity index (χ2v) is 7.40. The van der Waals surface area contributed by atoms with Gasteiger partial charge in [0, 0.05) is 24.7 Å². The van der Waals surface area contributed by atoms with Crippen molar-refractivity contribution in [3.05, 3.63) is 70.8 Å². The van der Waals surface area contributed by atoms with Crippen LogP contribution in [0.5, 0.6) is 5.75 Å². The van der Waals surface area contributed by atoms with Crippen molar-refractivity contribution < 1.29 is 9.53 Å². The number of carbonyl (C=O) groups is 1. The van der Waals surface area contributed by atoms with Crippen molar-refractivity contribution in [3.8, 4) is 5.75 Å². The average Bonchev–Trinajstić information content (AvgIpc) is 2.72. The maximum Gasteiger partial charge on any atom is 0.244 e. The zero-order valence-electron chi connectivity index (χ0n) is 16.9. The Hall–Kier alpha value is -2.59. The summed E-state index contributed by atoms with van der Waals surface area (Å²) in [6.07, 6.45) is 7.29. The van der Waals surface area contributed by atoms with Crippen molar-refractivity contribution in [2.24, 2.45) is 0 Å². The summed E-state index contributed by atoms with van der Waals surface area (Å²) in [7, 11) is 1.64. The maximum atomic E-state index is 12.3. The van der Waals surface area contributed by atoms with Gasteiger partial charge in [0.05, 0.1) is 7.11 Å². The van der Waals surface area contributed by atoms with Crippen molar-refractivity contribution in [2.75, 3.05) is 20.2 Å². The first-order valence-corrected chi connectivity index (χ1v) is 10.1. The Bertz CT molecular complexity index is 823. The van der Waals surface area contributed by atoms with Gasteiger partial charge in [-0.3, -0.25) is 9.69 Å². The van der Waals surface area contributed by atoms with Crippen molar-refractivity contribution >= 4 is 12.0 Å². The van der Waals surface area contributed by atoms with E-state index < -0.39 is 0 Å². The molecule has 1 aliphatic heterocycles. The second kappa shape index (κ2) is 10.1. The van der Waals surface area contributed by atoms with Crippen LogP contribution in [-0.4, -0.2) is 31.0 Å². The third-order valence-electron chi connectivity index (χ3n) is 5.21. The number of carbonyl (C=O) groups excluding carboxylic acids is 1. The number of piperidine rings is 1. The molecule has 0 radical (unpaired) electrons. The summed E-state index contributed by atoms with van der Waals surface area (Å²) in [4.78, 5) is 14.8. The van der Waals surface area contributed by atoms with Gasteiger partial charge < -0.3 is 10.1 Å². The van der Waals surface area contributed by atoms with Gasteiger partial charge >= 0.3 is 0 Å². The Morgan fingerprint density at radius 3 is 2.61 bits per heavy atom. The number of nitrogens with zero attached hydrogens (tertiary/aromatic N) is 1. The zero-order valence-corrected chi connectivity index (χ0v) is 16.9. The van der Waals surface area contributed by atoms with E-state index in [2.05, 4.69) is 28.4 Å². The van der Waals surface area contributed by atoms with Crippen LogP contribution in [-0.2, 0) is 17.9 Å². The summed E-state index contributed by atoms with van der Waals surface area (Å²) in [6.45, 7) is 5.86. The number of likely N-dealkylation sites (tertiary alicyclic amines) is 1. The highest BCUT2D eigenvalue weighted by Crippen LogP contribution is 2.21. The molecule has 148 valence electrons. The highest BCUT2D eigenvalue weighted by atomic mass is 16.5. The molecule has 0 aliphatic carbocycles. The summed E-state index contributed by atoms with van der Waals surface area (Å²) < 4.78 is 5.36. The van der Waals surface area contributed by atoms with Gasteiger partial charge in [-0.2, -0.15) is 0 Å². The fraction of sp³-hybridized carbons (Fsp3) is 0.375. The number of hydrogen-bond donors (Lipinski definition) is 1. The number of benzene rings is 2. The summed E-state index contributed by atoms with van der Waals surface area (Å²) in [5, 5.41) is 3.01. The van der Waals surface area contributed by atoms with E-state index in [0.717, 1.165) is 23.4 Å². The van der Waals surface area contributed by atoms with E-state index in [-0.39, 0.29) is 5.91 Å². The Balaban J connectivity index is 1.59. The molecule has 2 aromatic rings. The largest absolute Gasteiger partial charge is 0.496 e. The van der Waals surface area contributed by atoms with Crippen molar-refractivity contribution in [3.63, 3.8) is 0 Å². The number of ether oxygens (including phenoxy) is 1. The van der Waals surface area contributed by atoms with Crippen LogP contribution in [0.1, 0.15) is 41.5 Å². The minimum absolute atomic E-state index is 0.101. The molecule has 1 amide bonds. The third kappa shape index (κ3) is 5.70. The molecule has 2 aromatic carbocycles. The Labute approximate surface area is 168 Å². The lowest BCUT2D eigenvalue weighted by Gasteiger charge is -2.27. The quantitative estimate of drug-likeness (QED) is 0.730. The molecule has 0 spiro atoms. The van der Waals surface area contributed by atoms with Crippen LogP contribution in [0.4, 0.5) is 0 Å². The molecule has 1 aliphatic rings. The van der Waals surface area contributed by atoms with E-state index in [4.69, 9.17) is 4.74 Å². The van der Waals surface area contributed by atoms with E-state index in [1.54, 1.807) is 19.3 Å². The van der Waals surface area contributed by atoms with Crippen LogP contribution in [0.3, 0.4) is 0 Å². The molecule has 0 saturated carbocycles. The fourth-order valence-corrected chi connectivity index (χ4v) is 3.63. The van der Waals surface area contributed by atoms with Gasteiger partial charge in [0.2, 0.25) is 5.91 Å². The lowest BCUT2D eigenvalue weighted by Crippen LogP contribution is -2.30. The van der Waals surface area contributed by atoms with E-state index in [9.17, 15) is 4.79 Å². The first-order valence-electron chi connectivity index (χ1n) is 10.1. The van der Waals surface area contributed by atoms with E-state index >= 15 is 0 Å². The summed E-state index contributed by atoms with van der Waals surface area (Å²) >= 11 is 0. The number of aryl methyl sites for hydroxylation is 1. The molecule has 0 unspecified atom stereocenters. The second-order valence-electron chi connectivity index (χ2n) is 7.40. The molecule has 1 saturated heterocycles. The lowest BCUT2D eigenvalue weighted by atomic mass is 10.0. The fourth-order valence-electron chi connectivity index (χ4n) is 3.63. The van der Waals surface area contributed by atoms with Crippen LogP contribution in [0.2, 0.25) is 0 Å². The van der Waals surface area contributed by atoms with Gasteiger partial charge in [-0.05, 0) is 62.2 Å². The van der Waals surface area contributed by atoms with E-state index in [0.29, 0.717) is 6.54 Å². The minimum Gasteiger partial charge on any atom is -0.496 e. The molecule has 1 N–H and O–H groups in total. The number of amides is 1. The SMILES string of the molecule is COc1ccc(C)cc1/C=C/C(=O)NCc1ccccc1CN1CCCCC1. The number of nitrogens with one attached hydrogen (secondary N) is 1. The Morgan fingerprint density at radius 2 is 1.86 bits per heavy atom. The number of methoxy groups -OCH3 is 1. The van der Waals surface area contributed by atoms with Gasteiger partial charge in [-0.25, -0.2) is 0 Å². The Morgan fingerprint density at radius 1 is 1.11 bits per heavy atom. The first-order chi connectivity index (χ1) is 13.7. The van der Waals surface area contributed by atoms with Crippen molar-refractivity contribution in [1.82, 2.24) is 10.2 Å². The number of rotatable bonds is 7. The molecule has 1 heterocycles. The van der Waals surface area contributed by atoms with Crippen LogP contribution in [0.15, 0.2) is 48.5 Å². The minimum atomic E-state index is -0.101. The van der Waals surface area contributed by atoms with Crippen molar-refractivity contribution in [1.29, 1.82) is 0 Å². The lowest BCUT2D eigenvalue weighted by molar-refractivity contribution is -0.116. The molecule has 4 nitrogen and oxygen atoms in total. The molecular weight excluding hydrogens is 348 g/mol. The predicted molar refractivity (Wildman–Crippen MR) is 114 cm³/mol. The topological polar surface area (TPSA) is 41.6 Å². The highest BCUT2D eigenvalue weighted by Gasteiger charge is 2.12. The van der Waals surface area contributed by atoms with Gasteiger partial charge in [0.25, 0.3) is 0 Å². The summed E-state index contributed by atoms with van der Waals surface area (Å²) in [5.74, 6) is 0.665. The molecule has 0 aromatic heterocycles. The van der Waals surface area contributed by atoms with Crippen LogP contribution < -0.4 is 10.1 Å². The molecule has 28 heavy (non-hydrogen) atoms. The summed E-state index contributed by atoms with van der Waals surface area (Å²) in [5.41, 5.74) is 4.52. The molecule has 0 bridgehead atoms. The molecule has 4 heteroatoms. The van der Waals surface area contributed by atoms with Crippen LogP contribution >= 0.6 is 0 Å². The van der Waals surface area contributed by atoms with Crippen LogP contribution in [0.25, 0.3) is 6.08 Å². The van der Waals surface area contributed by atoms with Gasteiger partial charge in [0.15, 0.2) is 0 Å². The average molecular weight is 379 g/mol. The molecule has 0 atom stereocenters. The normalized spacial score (nSPS) is 14.9. The van der Waals surface area contributed by atoms with Gasteiger partial charge in [-0.1, -0.05) is 42.3 Å². The number of hydrogen-bond acceptors (Lipinski definition) is 3. The monoisotopic (exact) mass is 378 g/mol. The van der Waals surface area contributed by atoms with Crippen molar-refractivity contribution in [2.45, 2.75) is 39.3 Å². The standard InChI is InChI=1S/C24H30N2O2/c1-19-10-12-23(28-2)20(16-19)11-13-24(27)25-17-21-8-4-5-9-22(21)18-26-14-6-3-7-15-26/h4-5,8-13,16H,3,6-7,14-15,17-18H2,1-2H3,(H,25,27)/b13-11+. The first kappa shape index (κ1) is 20.2. The van der Waals surface area contributed by atoms with Crippen LogP contribution in [0, 0.1) is 6.92 Å². The molecule has 1 fully saturated rings. The van der Waals surface area contributed by atoms with E-state index in [1.165, 1.54) is 43.5 Å². The predicted octanol–water partition coefficient (Wildman–Crippen LogP) is 4.32. The van der Waals surface area contributed by atoms with E-state index in [1.807, 2.05) is 31.2 Å². The zero-order chi connectivity index (χ0) is 19.8. The Kier molecular flexibility index (Phi) is 7.26.